The van der Waals surface area contributed by atoms with Crippen molar-refractivity contribution in [2.24, 2.45) is 0 Å². The van der Waals surface area contributed by atoms with Crippen molar-refractivity contribution in [3.63, 3.8) is 0 Å². The van der Waals surface area contributed by atoms with Gasteiger partial charge in [0.25, 0.3) is 0 Å². The van der Waals surface area contributed by atoms with Gasteiger partial charge in [-0.1, -0.05) is 25.5 Å². The molecule has 1 aromatic carbocycles. The molecule has 0 saturated heterocycles. The summed E-state index contributed by atoms with van der Waals surface area (Å²) in [6.45, 7) is 8.29. The number of carbonyl (C=O) groups is 1. The van der Waals surface area contributed by atoms with Crippen LogP contribution in [0, 0.1) is 13.8 Å². The zero-order valence-electron chi connectivity index (χ0n) is 12.4. The quantitative estimate of drug-likeness (QED) is 0.703. The van der Waals surface area contributed by atoms with Crippen LogP contribution < -0.4 is 4.74 Å². The fraction of sp³-hybridized carbons (Fsp3) is 0.562. The minimum Gasteiger partial charge on any atom is -0.478 e. The van der Waals surface area contributed by atoms with E-state index in [1.807, 2.05) is 39.0 Å². The molecule has 0 N–H and O–H groups in total. The number of hydrogen-bond acceptors (Lipinski definition) is 3. The van der Waals surface area contributed by atoms with E-state index in [0.717, 1.165) is 29.7 Å². The molecule has 106 valence electrons. The number of rotatable bonds is 7. The first-order valence-corrected chi connectivity index (χ1v) is 6.99. The summed E-state index contributed by atoms with van der Waals surface area (Å²) >= 11 is 0. The lowest BCUT2D eigenvalue weighted by Crippen LogP contribution is -2.29. The van der Waals surface area contributed by atoms with Crippen LogP contribution >= 0.6 is 0 Å². The second-order valence-electron chi connectivity index (χ2n) is 4.77. The average Bonchev–Trinajstić information content (AvgIpc) is 2.38. The maximum Gasteiger partial charge on any atom is 0.347 e. The van der Waals surface area contributed by atoms with Crippen molar-refractivity contribution in [2.45, 2.75) is 53.1 Å². The third-order valence-corrected chi connectivity index (χ3v) is 2.98. The summed E-state index contributed by atoms with van der Waals surface area (Å²) in [4.78, 5) is 11.9. The highest BCUT2D eigenvalue weighted by Gasteiger charge is 2.21. The van der Waals surface area contributed by atoms with Gasteiger partial charge < -0.3 is 9.47 Å². The summed E-state index contributed by atoms with van der Waals surface area (Å²) < 4.78 is 10.9. The van der Waals surface area contributed by atoms with Crippen molar-refractivity contribution < 1.29 is 14.3 Å². The fourth-order valence-corrected chi connectivity index (χ4v) is 1.84. The minimum atomic E-state index is -0.500. The summed E-state index contributed by atoms with van der Waals surface area (Å²) in [6, 6.07) is 6.01. The molecule has 0 spiro atoms. The molecular weight excluding hydrogens is 240 g/mol. The van der Waals surface area contributed by atoms with Crippen molar-refractivity contribution in [1.82, 2.24) is 0 Å². The van der Waals surface area contributed by atoms with Gasteiger partial charge in [0.15, 0.2) is 6.10 Å². The maximum atomic E-state index is 11.9. The maximum absolute atomic E-state index is 11.9. The molecule has 19 heavy (non-hydrogen) atoms. The van der Waals surface area contributed by atoms with Crippen LogP contribution in [-0.2, 0) is 9.53 Å². The monoisotopic (exact) mass is 264 g/mol. The lowest BCUT2D eigenvalue weighted by Gasteiger charge is -2.19. The predicted octanol–water partition coefficient (Wildman–Crippen LogP) is 3.80. The fourth-order valence-electron chi connectivity index (χ4n) is 1.84. The Kier molecular flexibility index (Phi) is 6.40. The largest absolute Gasteiger partial charge is 0.478 e. The Morgan fingerprint density at radius 2 is 2.00 bits per heavy atom. The molecule has 0 aliphatic heterocycles. The van der Waals surface area contributed by atoms with E-state index < -0.39 is 6.10 Å². The van der Waals surface area contributed by atoms with Gasteiger partial charge in [-0.15, -0.1) is 0 Å². The third kappa shape index (κ3) is 4.93. The predicted molar refractivity (Wildman–Crippen MR) is 76.5 cm³/mol. The van der Waals surface area contributed by atoms with Crippen molar-refractivity contribution in [1.29, 1.82) is 0 Å². The molecule has 0 fully saturated rings. The van der Waals surface area contributed by atoms with Crippen molar-refractivity contribution in [3.05, 3.63) is 29.3 Å². The highest BCUT2D eigenvalue weighted by molar-refractivity contribution is 5.75. The molecule has 1 rings (SSSR count). The molecule has 0 aliphatic rings. The molecule has 3 heteroatoms. The van der Waals surface area contributed by atoms with Crippen LogP contribution in [0.5, 0.6) is 5.75 Å². The molecule has 1 unspecified atom stereocenters. The van der Waals surface area contributed by atoms with E-state index in [2.05, 4.69) is 6.92 Å². The van der Waals surface area contributed by atoms with Gasteiger partial charge in [0.05, 0.1) is 6.61 Å². The standard InChI is InChI=1S/C16H24O3/c1-5-7-8-14(16(17)18-6-2)19-15-11-12(3)9-10-13(15)4/h9-11,14H,5-8H2,1-4H3. The highest BCUT2D eigenvalue weighted by Crippen LogP contribution is 2.22. The molecule has 0 aromatic heterocycles. The Morgan fingerprint density at radius 3 is 2.63 bits per heavy atom. The first-order chi connectivity index (χ1) is 9.08. The number of aryl methyl sites for hydroxylation is 2. The van der Waals surface area contributed by atoms with Gasteiger partial charge in [0.1, 0.15) is 5.75 Å². The number of carbonyl (C=O) groups excluding carboxylic acids is 1. The zero-order chi connectivity index (χ0) is 14.3. The van der Waals surface area contributed by atoms with E-state index in [-0.39, 0.29) is 5.97 Å². The molecule has 0 heterocycles. The van der Waals surface area contributed by atoms with E-state index in [4.69, 9.17) is 9.47 Å². The second kappa shape index (κ2) is 7.82. The summed E-state index contributed by atoms with van der Waals surface area (Å²) in [7, 11) is 0. The summed E-state index contributed by atoms with van der Waals surface area (Å²) in [6.07, 6.45) is 2.18. The highest BCUT2D eigenvalue weighted by atomic mass is 16.6. The summed E-state index contributed by atoms with van der Waals surface area (Å²) in [5.41, 5.74) is 2.16. The third-order valence-electron chi connectivity index (χ3n) is 2.98. The molecule has 0 bridgehead atoms. The SMILES string of the molecule is CCCCC(Oc1cc(C)ccc1C)C(=O)OCC. The van der Waals surface area contributed by atoms with Crippen LogP contribution in [0.1, 0.15) is 44.2 Å². The number of ether oxygens (including phenoxy) is 2. The average molecular weight is 264 g/mol. The Morgan fingerprint density at radius 1 is 1.26 bits per heavy atom. The Hall–Kier alpha value is -1.51. The summed E-state index contributed by atoms with van der Waals surface area (Å²) in [5, 5.41) is 0. The van der Waals surface area contributed by atoms with E-state index >= 15 is 0 Å². The van der Waals surface area contributed by atoms with Gasteiger partial charge >= 0.3 is 5.97 Å². The molecule has 3 nitrogen and oxygen atoms in total. The van der Waals surface area contributed by atoms with Crippen LogP contribution in [0.25, 0.3) is 0 Å². The van der Waals surface area contributed by atoms with Gasteiger partial charge in [-0.2, -0.15) is 0 Å². The molecule has 1 aromatic rings. The Balaban J connectivity index is 2.80. The Labute approximate surface area is 115 Å². The van der Waals surface area contributed by atoms with Crippen molar-refractivity contribution in [2.75, 3.05) is 6.61 Å². The van der Waals surface area contributed by atoms with Gasteiger partial charge in [-0.25, -0.2) is 4.79 Å². The first kappa shape index (κ1) is 15.5. The minimum absolute atomic E-state index is 0.267. The molecule has 0 radical (unpaired) electrons. The van der Waals surface area contributed by atoms with E-state index in [9.17, 15) is 4.79 Å². The molecular formula is C16H24O3. The van der Waals surface area contributed by atoms with Gasteiger partial charge in [0, 0.05) is 0 Å². The second-order valence-corrected chi connectivity index (χ2v) is 4.77. The molecule has 0 aliphatic carbocycles. The van der Waals surface area contributed by atoms with Gasteiger partial charge in [0.2, 0.25) is 0 Å². The molecule has 1 atom stereocenters. The van der Waals surface area contributed by atoms with Crippen LogP contribution in [0.4, 0.5) is 0 Å². The summed E-state index contributed by atoms with van der Waals surface area (Å²) in [5.74, 6) is 0.506. The Bertz CT molecular complexity index is 412. The molecule has 0 amide bonds. The first-order valence-electron chi connectivity index (χ1n) is 6.99. The number of hydrogen-bond donors (Lipinski definition) is 0. The lowest BCUT2D eigenvalue weighted by atomic mass is 10.1. The lowest BCUT2D eigenvalue weighted by molar-refractivity contribution is -0.151. The topological polar surface area (TPSA) is 35.5 Å². The normalized spacial score (nSPS) is 12.0. The van der Waals surface area contributed by atoms with Crippen molar-refractivity contribution in [3.8, 4) is 5.75 Å². The number of esters is 1. The van der Waals surface area contributed by atoms with Crippen LogP contribution in [0.15, 0.2) is 18.2 Å². The van der Waals surface area contributed by atoms with Gasteiger partial charge in [-0.05, 0) is 50.8 Å². The number of benzene rings is 1. The van der Waals surface area contributed by atoms with Gasteiger partial charge in [-0.3, -0.25) is 0 Å². The van der Waals surface area contributed by atoms with Crippen LogP contribution in [-0.4, -0.2) is 18.7 Å². The zero-order valence-corrected chi connectivity index (χ0v) is 12.4. The van der Waals surface area contributed by atoms with Crippen LogP contribution in [0.2, 0.25) is 0 Å². The molecule has 0 saturated carbocycles. The van der Waals surface area contributed by atoms with E-state index in [1.165, 1.54) is 0 Å². The van der Waals surface area contributed by atoms with E-state index in [1.54, 1.807) is 0 Å². The van der Waals surface area contributed by atoms with E-state index in [0.29, 0.717) is 13.0 Å². The van der Waals surface area contributed by atoms with Crippen LogP contribution in [0.3, 0.4) is 0 Å². The smallest absolute Gasteiger partial charge is 0.347 e. The van der Waals surface area contributed by atoms with Crippen molar-refractivity contribution >= 4 is 5.97 Å². The number of unbranched alkanes of at least 4 members (excludes halogenated alkanes) is 1.